The molecule has 1 aromatic carbocycles. The largest absolute Gasteiger partial charge is 0.405 e. The van der Waals surface area contributed by atoms with Crippen molar-refractivity contribution >= 4 is 39.1 Å². The van der Waals surface area contributed by atoms with E-state index in [0.29, 0.717) is 0 Å². The van der Waals surface area contributed by atoms with Crippen LogP contribution in [0.15, 0.2) is 12.1 Å². The van der Waals surface area contributed by atoms with Crippen molar-refractivity contribution in [3.63, 3.8) is 0 Å². The van der Waals surface area contributed by atoms with E-state index in [0.717, 1.165) is 12.1 Å². The smallest absolute Gasteiger partial charge is 0.192 e. The first-order chi connectivity index (χ1) is 7.27. The van der Waals surface area contributed by atoms with E-state index in [1.54, 1.807) is 6.07 Å². The number of hydrogen-bond acceptors (Lipinski definition) is 1. The lowest BCUT2D eigenvalue weighted by atomic mass is 10.1. The summed E-state index contributed by atoms with van der Waals surface area (Å²) in [5.74, 6) is 0. The van der Waals surface area contributed by atoms with Crippen LogP contribution in [-0.4, -0.2) is 6.18 Å². The summed E-state index contributed by atoms with van der Waals surface area (Å²) in [5.41, 5.74) is -0.171. The van der Waals surface area contributed by atoms with Gasteiger partial charge in [-0.15, -0.1) is 0 Å². The van der Waals surface area contributed by atoms with Gasteiger partial charge >= 0.3 is 6.18 Å². The highest BCUT2D eigenvalue weighted by Crippen LogP contribution is 2.41. The third-order valence-corrected chi connectivity index (χ3v) is 3.40. The lowest BCUT2D eigenvalue weighted by Crippen LogP contribution is -2.15. The average molecular weight is 333 g/mol. The number of benzene rings is 1. The molecule has 86 valence electrons. The van der Waals surface area contributed by atoms with Crippen molar-refractivity contribution in [3.05, 3.63) is 33.3 Å². The molecule has 1 aromatic rings. The van der Waals surface area contributed by atoms with Gasteiger partial charge in [0.2, 0.25) is 0 Å². The van der Waals surface area contributed by atoms with Gasteiger partial charge in [0, 0.05) is 0 Å². The Labute approximate surface area is 108 Å². The quantitative estimate of drug-likeness (QED) is 0.673. The Morgan fingerprint density at radius 1 is 1.25 bits per heavy atom. The summed E-state index contributed by atoms with van der Waals surface area (Å²) < 4.78 is 37.1. The lowest BCUT2D eigenvalue weighted by Gasteiger charge is -2.15. The van der Waals surface area contributed by atoms with Gasteiger partial charge in [-0.1, -0.05) is 39.1 Å². The lowest BCUT2D eigenvalue weighted by molar-refractivity contribution is -0.128. The van der Waals surface area contributed by atoms with Crippen LogP contribution in [0.25, 0.3) is 0 Å². The van der Waals surface area contributed by atoms with Gasteiger partial charge in [0.15, 0.2) is 0 Å². The van der Waals surface area contributed by atoms with Crippen molar-refractivity contribution in [2.45, 2.75) is 11.0 Å². The second-order valence-corrected chi connectivity index (χ2v) is 4.61. The highest BCUT2D eigenvalue weighted by atomic mass is 79.9. The molecule has 0 radical (unpaired) electrons. The molecule has 1 unspecified atom stereocenters. The molecule has 0 fully saturated rings. The Bertz CT molecular complexity index is 430. The zero-order valence-corrected chi connectivity index (χ0v) is 10.5. The molecule has 0 saturated carbocycles. The molecule has 1 rings (SSSR count). The zero-order chi connectivity index (χ0) is 12.5. The summed E-state index contributed by atoms with van der Waals surface area (Å²) in [6.45, 7) is 0. The van der Waals surface area contributed by atoms with Crippen LogP contribution in [-0.2, 0) is 0 Å². The van der Waals surface area contributed by atoms with Crippen LogP contribution in [0, 0.1) is 11.3 Å². The molecule has 0 aromatic heterocycles. The predicted octanol–water partition coefficient (Wildman–Crippen LogP) is 4.86. The Hall–Kier alpha value is -0.440. The van der Waals surface area contributed by atoms with Gasteiger partial charge in [-0.25, -0.2) is 0 Å². The van der Waals surface area contributed by atoms with E-state index >= 15 is 0 Å². The molecular formula is C9H3BrCl2F3N. The molecule has 1 nitrogen and oxygen atoms in total. The van der Waals surface area contributed by atoms with E-state index in [9.17, 15) is 13.2 Å². The minimum Gasteiger partial charge on any atom is -0.192 e. The van der Waals surface area contributed by atoms with Crippen molar-refractivity contribution in [2.24, 2.45) is 0 Å². The molecule has 0 aliphatic carbocycles. The second-order valence-electron chi connectivity index (χ2n) is 2.88. The molecule has 0 saturated heterocycles. The molecule has 7 heteroatoms. The average Bonchev–Trinajstić information content (AvgIpc) is 2.14. The zero-order valence-electron chi connectivity index (χ0n) is 7.45. The molecule has 0 aliphatic heterocycles. The number of rotatable bonds is 1. The number of alkyl halides is 4. The summed E-state index contributed by atoms with van der Waals surface area (Å²) in [6, 6.07) is 3.84. The number of halogens is 6. The van der Waals surface area contributed by atoms with Crippen LogP contribution < -0.4 is 0 Å². The Morgan fingerprint density at radius 2 is 1.69 bits per heavy atom. The van der Waals surface area contributed by atoms with Gasteiger partial charge in [-0.05, 0) is 17.7 Å². The van der Waals surface area contributed by atoms with E-state index in [-0.39, 0.29) is 21.2 Å². The van der Waals surface area contributed by atoms with Crippen LogP contribution >= 0.6 is 39.1 Å². The van der Waals surface area contributed by atoms with Crippen molar-refractivity contribution in [1.29, 1.82) is 5.26 Å². The highest BCUT2D eigenvalue weighted by Gasteiger charge is 2.39. The molecule has 0 aliphatic rings. The Morgan fingerprint density at radius 3 is 2.00 bits per heavy atom. The van der Waals surface area contributed by atoms with Gasteiger partial charge in [-0.2, -0.15) is 18.4 Å². The number of hydrogen-bond donors (Lipinski definition) is 0. The SMILES string of the molecule is N#Cc1c(Cl)cc(C(Br)C(F)(F)F)cc1Cl. The molecule has 0 bridgehead atoms. The minimum absolute atomic E-state index is 0.0334. The second kappa shape index (κ2) is 4.82. The van der Waals surface area contributed by atoms with Gasteiger partial charge in [0.05, 0.1) is 15.6 Å². The molecule has 0 heterocycles. The predicted molar refractivity (Wildman–Crippen MR) is 58.9 cm³/mol. The van der Waals surface area contributed by atoms with E-state index in [1.807, 2.05) is 0 Å². The van der Waals surface area contributed by atoms with Crippen LogP contribution in [0.4, 0.5) is 13.2 Å². The van der Waals surface area contributed by atoms with Crippen molar-refractivity contribution in [3.8, 4) is 6.07 Å². The maximum absolute atomic E-state index is 12.4. The van der Waals surface area contributed by atoms with Crippen molar-refractivity contribution < 1.29 is 13.2 Å². The Kier molecular flexibility index (Phi) is 4.11. The van der Waals surface area contributed by atoms with Gasteiger partial charge in [-0.3, -0.25) is 0 Å². The van der Waals surface area contributed by atoms with Crippen LogP contribution in [0.2, 0.25) is 10.0 Å². The van der Waals surface area contributed by atoms with Crippen LogP contribution in [0.5, 0.6) is 0 Å². The van der Waals surface area contributed by atoms with Crippen LogP contribution in [0.1, 0.15) is 16.0 Å². The van der Waals surface area contributed by atoms with Crippen molar-refractivity contribution in [2.75, 3.05) is 0 Å². The highest BCUT2D eigenvalue weighted by molar-refractivity contribution is 9.09. The molecule has 1 atom stereocenters. The first-order valence-corrected chi connectivity index (χ1v) is 5.54. The maximum Gasteiger partial charge on any atom is 0.405 e. The molecular weight excluding hydrogens is 330 g/mol. The summed E-state index contributed by atoms with van der Waals surface area (Å²) in [4.78, 5) is -1.86. The summed E-state index contributed by atoms with van der Waals surface area (Å²) in [7, 11) is 0. The maximum atomic E-state index is 12.4. The molecule has 16 heavy (non-hydrogen) atoms. The van der Waals surface area contributed by atoms with Gasteiger partial charge < -0.3 is 0 Å². The fraction of sp³-hybridized carbons (Fsp3) is 0.222. The first kappa shape index (κ1) is 13.6. The van der Waals surface area contributed by atoms with E-state index in [2.05, 4.69) is 15.9 Å². The fourth-order valence-corrected chi connectivity index (χ4v) is 1.89. The van der Waals surface area contributed by atoms with Gasteiger partial charge in [0.25, 0.3) is 0 Å². The third kappa shape index (κ3) is 2.82. The standard InChI is InChI=1S/C9H3BrCl2F3N/c10-8(9(13,14)15)4-1-6(11)5(3-16)7(12)2-4/h1-2,8H. The molecule has 0 N–H and O–H groups in total. The Balaban J connectivity index is 3.25. The summed E-state index contributed by atoms with van der Waals surface area (Å²) in [6.07, 6.45) is -4.44. The first-order valence-electron chi connectivity index (χ1n) is 3.87. The fourth-order valence-electron chi connectivity index (χ4n) is 1.03. The summed E-state index contributed by atoms with van der Waals surface area (Å²) >= 11 is 13.8. The summed E-state index contributed by atoms with van der Waals surface area (Å²) in [5, 5.41) is 8.44. The monoisotopic (exact) mass is 331 g/mol. The number of nitrogens with zero attached hydrogens (tertiary/aromatic N) is 1. The topological polar surface area (TPSA) is 23.8 Å². The molecule has 0 amide bonds. The number of nitriles is 1. The van der Waals surface area contributed by atoms with Gasteiger partial charge in [0.1, 0.15) is 10.9 Å². The van der Waals surface area contributed by atoms with Crippen LogP contribution in [0.3, 0.4) is 0 Å². The molecule has 0 spiro atoms. The van der Waals surface area contributed by atoms with E-state index < -0.39 is 11.0 Å². The van der Waals surface area contributed by atoms with E-state index in [4.69, 9.17) is 28.5 Å². The van der Waals surface area contributed by atoms with E-state index in [1.165, 1.54) is 0 Å². The third-order valence-electron chi connectivity index (χ3n) is 1.76. The van der Waals surface area contributed by atoms with Crippen molar-refractivity contribution in [1.82, 2.24) is 0 Å². The minimum atomic E-state index is -4.44. The normalized spacial score (nSPS) is 13.3.